The number of hydrogen-bond acceptors (Lipinski definition) is 4. The maximum Gasteiger partial charge on any atom is 0.267 e. The summed E-state index contributed by atoms with van der Waals surface area (Å²) in [5.74, 6) is -0.409. The molecule has 5 nitrogen and oxygen atoms in total. The number of amides is 1. The zero-order valence-corrected chi connectivity index (χ0v) is 15.1. The minimum absolute atomic E-state index is 0.0714. The van der Waals surface area contributed by atoms with Crippen LogP contribution in [0.1, 0.15) is 0 Å². The molecule has 3 aromatic carbocycles. The number of fused-ring (bicyclic) bond motifs is 1. The highest BCUT2D eigenvalue weighted by atomic mass is 79.9. The van der Waals surface area contributed by atoms with E-state index in [4.69, 9.17) is 0 Å². The van der Waals surface area contributed by atoms with E-state index < -0.39 is 5.91 Å². The lowest BCUT2D eigenvalue weighted by molar-refractivity contribution is -0.112. The number of phenols is 1. The van der Waals surface area contributed by atoms with Gasteiger partial charge >= 0.3 is 0 Å². The number of nitrogens with one attached hydrogen (secondary N) is 2. The van der Waals surface area contributed by atoms with Crippen LogP contribution in [0.15, 0.2) is 76.9 Å². The van der Waals surface area contributed by atoms with Gasteiger partial charge in [0.1, 0.15) is 17.4 Å². The number of para-hydroxylation sites is 1. The van der Waals surface area contributed by atoms with E-state index in [1.54, 1.807) is 36.4 Å². The molecule has 0 bridgehead atoms. The molecule has 3 N–H and O–H groups in total. The number of rotatable bonds is 4. The molecule has 0 unspecified atom stereocenters. The fraction of sp³-hybridized carbons (Fsp3) is 0. The summed E-state index contributed by atoms with van der Waals surface area (Å²) in [4.78, 5) is 12.5. The molecular weight excluding hydrogens is 394 g/mol. The van der Waals surface area contributed by atoms with Crippen LogP contribution < -0.4 is 10.6 Å². The van der Waals surface area contributed by atoms with Crippen LogP contribution >= 0.6 is 15.9 Å². The molecule has 0 radical (unpaired) electrons. The molecule has 3 aromatic rings. The first kappa shape index (κ1) is 17.5. The van der Waals surface area contributed by atoms with Crippen molar-refractivity contribution in [2.45, 2.75) is 0 Å². The Morgan fingerprint density at radius 1 is 1.00 bits per heavy atom. The number of halogens is 1. The topological polar surface area (TPSA) is 85.2 Å². The largest absolute Gasteiger partial charge is 0.507 e. The molecule has 1 amide bonds. The Balaban J connectivity index is 1.85. The predicted octanol–water partition coefficient (Wildman–Crippen LogP) is 4.77. The van der Waals surface area contributed by atoms with Gasteiger partial charge in [-0.15, -0.1) is 0 Å². The predicted molar refractivity (Wildman–Crippen MR) is 106 cm³/mol. The van der Waals surface area contributed by atoms with Crippen molar-refractivity contribution in [3.8, 4) is 11.8 Å². The monoisotopic (exact) mass is 407 g/mol. The zero-order chi connectivity index (χ0) is 18.5. The zero-order valence-electron chi connectivity index (χ0n) is 13.5. The van der Waals surface area contributed by atoms with Crippen LogP contribution in [0.4, 0.5) is 11.4 Å². The average molecular weight is 408 g/mol. The number of nitriles is 1. The molecule has 0 aliphatic heterocycles. The third-order valence-corrected chi connectivity index (χ3v) is 4.45. The molecule has 0 heterocycles. The van der Waals surface area contributed by atoms with E-state index in [9.17, 15) is 15.2 Å². The van der Waals surface area contributed by atoms with Crippen LogP contribution in [-0.4, -0.2) is 11.0 Å². The molecular formula is C20H14BrN3O2. The number of benzene rings is 3. The van der Waals surface area contributed by atoms with E-state index in [2.05, 4.69) is 26.6 Å². The van der Waals surface area contributed by atoms with Gasteiger partial charge < -0.3 is 15.7 Å². The Hall–Kier alpha value is -3.30. The van der Waals surface area contributed by atoms with Crippen molar-refractivity contribution >= 4 is 44.0 Å². The number of carbonyl (C=O) groups is 1. The highest BCUT2D eigenvalue weighted by Crippen LogP contribution is 2.30. The van der Waals surface area contributed by atoms with Gasteiger partial charge in [0, 0.05) is 27.1 Å². The second-order valence-electron chi connectivity index (χ2n) is 5.43. The van der Waals surface area contributed by atoms with Crippen LogP contribution in [0.3, 0.4) is 0 Å². The van der Waals surface area contributed by atoms with E-state index in [0.29, 0.717) is 16.5 Å². The van der Waals surface area contributed by atoms with Crippen LogP contribution in [0, 0.1) is 11.3 Å². The lowest BCUT2D eigenvalue weighted by Crippen LogP contribution is -2.14. The molecule has 3 rings (SSSR count). The SMILES string of the molecule is N#C/C(=C/Nc1ccccc1Br)C(=O)Nc1cccc2c(O)cccc12. The van der Waals surface area contributed by atoms with Gasteiger partial charge in [-0.2, -0.15) is 5.26 Å². The Morgan fingerprint density at radius 3 is 2.46 bits per heavy atom. The molecule has 0 spiro atoms. The number of phenolic OH excluding ortho intramolecular Hbond substituents is 1. The lowest BCUT2D eigenvalue weighted by Gasteiger charge is -2.09. The van der Waals surface area contributed by atoms with E-state index in [-0.39, 0.29) is 11.3 Å². The van der Waals surface area contributed by atoms with Gasteiger partial charge in [-0.05, 0) is 40.2 Å². The quantitative estimate of drug-likeness (QED) is 0.429. The Labute approximate surface area is 158 Å². The molecule has 26 heavy (non-hydrogen) atoms. The van der Waals surface area contributed by atoms with Gasteiger partial charge in [0.25, 0.3) is 5.91 Å². The summed E-state index contributed by atoms with van der Waals surface area (Å²) >= 11 is 3.39. The van der Waals surface area contributed by atoms with E-state index in [1.807, 2.05) is 30.3 Å². The smallest absolute Gasteiger partial charge is 0.267 e. The molecule has 0 aliphatic rings. The van der Waals surface area contributed by atoms with Crippen LogP contribution in [0.5, 0.6) is 5.75 Å². The number of anilines is 2. The van der Waals surface area contributed by atoms with Gasteiger partial charge in [-0.1, -0.05) is 36.4 Å². The Bertz CT molecular complexity index is 1050. The molecule has 0 fully saturated rings. The van der Waals surface area contributed by atoms with E-state index >= 15 is 0 Å². The van der Waals surface area contributed by atoms with Crippen molar-refractivity contribution in [1.82, 2.24) is 0 Å². The molecule has 0 aliphatic carbocycles. The van der Waals surface area contributed by atoms with Crippen molar-refractivity contribution < 1.29 is 9.90 Å². The van der Waals surface area contributed by atoms with Crippen molar-refractivity contribution in [3.63, 3.8) is 0 Å². The van der Waals surface area contributed by atoms with Crippen molar-refractivity contribution in [2.75, 3.05) is 10.6 Å². The average Bonchev–Trinajstić information content (AvgIpc) is 2.64. The maximum atomic E-state index is 12.5. The summed E-state index contributed by atoms with van der Waals surface area (Å²) < 4.78 is 0.818. The van der Waals surface area contributed by atoms with Crippen molar-refractivity contribution in [1.29, 1.82) is 5.26 Å². The molecule has 0 atom stereocenters. The number of nitrogens with zero attached hydrogens (tertiary/aromatic N) is 1. The number of carbonyl (C=O) groups excluding carboxylic acids is 1. The highest BCUT2D eigenvalue weighted by Gasteiger charge is 2.12. The van der Waals surface area contributed by atoms with Gasteiger partial charge in [-0.25, -0.2) is 0 Å². The summed E-state index contributed by atoms with van der Waals surface area (Å²) in [5, 5.41) is 26.2. The molecule has 0 aromatic heterocycles. The molecule has 128 valence electrons. The minimum Gasteiger partial charge on any atom is -0.507 e. The summed E-state index contributed by atoms with van der Waals surface area (Å²) in [7, 11) is 0. The van der Waals surface area contributed by atoms with Crippen molar-refractivity contribution in [2.24, 2.45) is 0 Å². The van der Waals surface area contributed by atoms with Gasteiger partial charge in [0.15, 0.2) is 0 Å². The maximum absolute atomic E-state index is 12.5. The third kappa shape index (κ3) is 3.68. The summed E-state index contributed by atoms with van der Waals surface area (Å²) in [6.07, 6.45) is 1.36. The molecule has 0 saturated carbocycles. The Morgan fingerprint density at radius 2 is 1.69 bits per heavy atom. The van der Waals surface area contributed by atoms with Gasteiger partial charge in [-0.3, -0.25) is 4.79 Å². The summed E-state index contributed by atoms with van der Waals surface area (Å²) in [6.45, 7) is 0. The fourth-order valence-corrected chi connectivity index (χ4v) is 2.87. The lowest BCUT2D eigenvalue weighted by atomic mass is 10.1. The fourth-order valence-electron chi connectivity index (χ4n) is 2.47. The van der Waals surface area contributed by atoms with Gasteiger partial charge in [0.05, 0.1) is 5.69 Å². The van der Waals surface area contributed by atoms with Crippen molar-refractivity contribution in [3.05, 3.63) is 76.9 Å². The van der Waals surface area contributed by atoms with Crippen LogP contribution in [0.25, 0.3) is 10.8 Å². The normalized spacial score (nSPS) is 11.0. The molecule has 0 saturated heterocycles. The summed E-state index contributed by atoms with van der Waals surface area (Å²) in [6, 6.07) is 19.6. The minimum atomic E-state index is -0.539. The van der Waals surface area contributed by atoms with Crippen LogP contribution in [-0.2, 0) is 4.79 Å². The second kappa shape index (κ2) is 7.72. The van der Waals surface area contributed by atoms with Gasteiger partial charge in [0.2, 0.25) is 0 Å². The first-order valence-electron chi connectivity index (χ1n) is 7.73. The number of hydrogen-bond donors (Lipinski definition) is 3. The van der Waals surface area contributed by atoms with Crippen LogP contribution in [0.2, 0.25) is 0 Å². The third-order valence-electron chi connectivity index (χ3n) is 3.76. The molecule has 6 heteroatoms. The van der Waals surface area contributed by atoms with E-state index in [0.717, 1.165) is 10.2 Å². The first-order chi connectivity index (χ1) is 12.6. The first-order valence-corrected chi connectivity index (χ1v) is 8.53. The highest BCUT2D eigenvalue weighted by molar-refractivity contribution is 9.10. The van der Waals surface area contributed by atoms with E-state index in [1.165, 1.54) is 6.20 Å². The standard InChI is InChI=1S/C20H14BrN3O2/c21-16-7-1-2-8-18(16)23-12-13(11-22)20(26)24-17-9-3-6-15-14(17)5-4-10-19(15)25/h1-10,12,23,25H,(H,24,26)/b13-12-. The second-order valence-corrected chi connectivity index (χ2v) is 6.28. The number of aromatic hydroxyl groups is 1. The summed E-state index contributed by atoms with van der Waals surface area (Å²) in [5.41, 5.74) is 1.19. The Kier molecular flexibility index (Phi) is 5.20.